The molecule has 0 saturated carbocycles. The highest BCUT2D eigenvalue weighted by Crippen LogP contribution is 2.31. The Labute approximate surface area is 189 Å². The van der Waals surface area contributed by atoms with Gasteiger partial charge in [-0.2, -0.15) is 4.98 Å². The van der Waals surface area contributed by atoms with Crippen molar-refractivity contribution in [1.82, 2.24) is 24.6 Å². The van der Waals surface area contributed by atoms with E-state index in [2.05, 4.69) is 15.1 Å². The van der Waals surface area contributed by atoms with Gasteiger partial charge in [-0.1, -0.05) is 29.4 Å². The number of H-pyrrole nitrogens is 1. The maximum atomic E-state index is 12.9. The van der Waals surface area contributed by atoms with Crippen molar-refractivity contribution < 1.29 is 14.1 Å². The fourth-order valence-corrected chi connectivity index (χ4v) is 4.04. The Bertz CT molecular complexity index is 1290. The maximum absolute atomic E-state index is 12.9. The van der Waals surface area contributed by atoms with Crippen molar-refractivity contribution in [2.45, 2.75) is 25.3 Å². The molecule has 1 amide bonds. The van der Waals surface area contributed by atoms with Crippen LogP contribution in [-0.4, -0.2) is 43.7 Å². The fraction of sp³-hybridized carbons (Fsp3) is 0.250. The molecule has 4 aromatic rings. The average molecular weight is 445 g/mol. The quantitative estimate of drug-likeness (QED) is 0.488. The first-order chi connectivity index (χ1) is 16.2. The first-order valence-electron chi connectivity index (χ1n) is 10.9. The van der Waals surface area contributed by atoms with Gasteiger partial charge in [0.2, 0.25) is 0 Å². The van der Waals surface area contributed by atoms with Gasteiger partial charge < -0.3 is 19.1 Å². The summed E-state index contributed by atoms with van der Waals surface area (Å²) in [6.07, 6.45) is 5.89. The summed E-state index contributed by atoms with van der Waals surface area (Å²) in [6.45, 7) is 0.579. The molecule has 2 aromatic heterocycles. The number of hydrogen-bond donors (Lipinski definition) is 1. The zero-order valence-corrected chi connectivity index (χ0v) is 17.9. The molecule has 9 heteroatoms. The predicted molar refractivity (Wildman–Crippen MR) is 120 cm³/mol. The number of piperidine rings is 1. The number of amides is 1. The third-order valence-electron chi connectivity index (χ3n) is 5.69. The van der Waals surface area contributed by atoms with Crippen LogP contribution in [0.15, 0.2) is 76.3 Å². The van der Waals surface area contributed by atoms with E-state index in [9.17, 15) is 9.59 Å². The molecule has 9 nitrogen and oxygen atoms in total. The molecule has 0 spiro atoms. The van der Waals surface area contributed by atoms with Crippen LogP contribution in [0.25, 0.3) is 17.1 Å². The minimum Gasteiger partial charge on any atom is -0.484 e. The minimum atomic E-state index is -0.265. The summed E-state index contributed by atoms with van der Waals surface area (Å²) in [5, 5.41) is 4.18. The Hall–Kier alpha value is -4.14. The number of ether oxygens (including phenoxy) is 1. The largest absolute Gasteiger partial charge is 0.484 e. The lowest BCUT2D eigenvalue weighted by Gasteiger charge is -2.33. The van der Waals surface area contributed by atoms with Gasteiger partial charge in [0.15, 0.2) is 12.4 Å². The van der Waals surface area contributed by atoms with Gasteiger partial charge in [-0.15, -0.1) is 0 Å². The molecule has 33 heavy (non-hydrogen) atoms. The summed E-state index contributed by atoms with van der Waals surface area (Å²) in [5.41, 5.74) is 1.15. The average Bonchev–Trinajstić information content (AvgIpc) is 3.53. The first kappa shape index (κ1) is 20.7. The molecule has 1 unspecified atom stereocenters. The molecule has 3 heterocycles. The molecule has 0 bridgehead atoms. The van der Waals surface area contributed by atoms with E-state index in [0.29, 0.717) is 35.3 Å². The van der Waals surface area contributed by atoms with Crippen LogP contribution < -0.4 is 10.4 Å². The Balaban J connectivity index is 1.34. The summed E-state index contributed by atoms with van der Waals surface area (Å²) in [4.78, 5) is 33.8. The molecular formula is C24H23N5O4. The number of imidazole rings is 1. The number of hydrogen-bond acceptors (Lipinski definition) is 6. The monoisotopic (exact) mass is 445 g/mol. The molecule has 1 atom stereocenters. The number of para-hydroxylation sites is 1. The molecule has 1 aliphatic rings. The summed E-state index contributed by atoms with van der Waals surface area (Å²) in [7, 11) is 0. The van der Waals surface area contributed by atoms with E-state index < -0.39 is 0 Å². The zero-order valence-electron chi connectivity index (χ0n) is 17.9. The van der Waals surface area contributed by atoms with E-state index in [1.54, 1.807) is 17.3 Å². The smallest absolute Gasteiger partial charge is 0.330 e. The number of rotatable bonds is 6. The molecule has 168 valence electrons. The second-order valence-corrected chi connectivity index (χ2v) is 7.84. The van der Waals surface area contributed by atoms with E-state index in [1.807, 2.05) is 54.6 Å². The van der Waals surface area contributed by atoms with Crippen molar-refractivity contribution in [3.63, 3.8) is 0 Å². The van der Waals surface area contributed by atoms with Gasteiger partial charge in [0.25, 0.3) is 11.8 Å². The van der Waals surface area contributed by atoms with Crippen molar-refractivity contribution in [2.75, 3.05) is 13.2 Å². The van der Waals surface area contributed by atoms with Crippen molar-refractivity contribution in [2.24, 2.45) is 0 Å². The molecular weight excluding hydrogens is 422 g/mol. The first-order valence-corrected chi connectivity index (χ1v) is 10.9. The van der Waals surface area contributed by atoms with E-state index in [1.165, 1.54) is 4.57 Å². The zero-order chi connectivity index (χ0) is 22.6. The topological polar surface area (TPSA) is 106 Å². The number of carbonyl (C=O) groups is 1. The Morgan fingerprint density at radius 3 is 2.85 bits per heavy atom. The van der Waals surface area contributed by atoms with Crippen molar-refractivity contribution >= 4 is 5.91 Å². The number of carbonyl (C=O) groups excluding carboxylic acids is 1. The molecule has 1 saturated heterocycles. The summed E-state index contributed by atoms with van der Waals surface area (Å²) < 4.78 is 12.7. The normalized spacial score (nSPS) is 16.0. The van der Waals surface area contributed by atoms with E-state index >= 15 is 0 Å². The van der Waals surface area contributed by atoms with E-state index in [4.69, 9.17) is 9.26 Å². The van der Waals surface area contributed by atoms with Crippen molar-refractivity contribution in [3.8, 4) is 22.9 Å². The highest BCUT2D eigenvalue weighted by molar-refractivity contribution is 5.78. The third kappa shape index (κ3) is 4.43. The van der Waals surface area contributed by atoms with Gasteiger partial charge in [-0.25, -0.2) is 4.79 Å². The van der Waals surface area contributed by atoms with Crippen LogP contribution in [0.5, 0.6) is 5.75 Å². The highest BCUT2D eigenvalue weighted by atomic mass is 16.5. The lowest BCUT2D eigenvalue weighted by atomic mass is 10.0. The Kier molecular flexibility index (Phi) is 5.75. The minimum absolute atomic E-state index is 0.0430. The van der Waals surface area contributed by atoms with Gasteiger partial charge >= 0.3 is 5.69 Å². The number of nitrogens with zero attached hydrogens (tertiary/aromatic N) is 4. The van der Waals surface area contributed by atoms with Crippen LogP contribution >= 0.6 is 0 Å². The molecule has 0 radical (unpaired) electrons. The van der Waals surface area contributed by atoms with Gasteiger partial charge in [0.05, 0.1) is 11.7 Å². The number of aromatic nitrogens is 4. The van der Waals surface area contributed by atoms with Gasteiger partial charge in [-0.05, 0) is 49.6 Å². The number of aromatic amines is 1. The van der Waals surface area contributed by atoms with Crippen LogP contribution in [0.1, 0.15) is 31.1 Å². The van der Waals surface area contributed by atoms with Crippen LogP contribution in [0.2, 0.25) is 0 Å². The molecule has 1 aliphatic heterocycles. The Morgan fingerprint density at radius 1 is 1.15 bits per heavy atom. The molecule has 1 N–H and O–H groups in total. The van der Waals surface area contributed by atoms with Crippen molar-refractivity contribution in [3.05, 3.63) is 83.3 Å². The van der Waals surface area contributed by atoms with Crippen LogP contribution in [0, 0.1) is 0 Å². The molecule has 2 aromatic carbocycles. The van der Waals surface area contributed by atoms with Crippen LogP contribution in [0.3, 0.4) is 0 Å². The number of nitrogens with one attached hydrogen (secondary N) is 1. The highest BCUT2D eigenvalue weighted by Gasteiger charge is 2.32. The second kappa shape index (κ2) is 9.15. The second-order valence-electron chi connectivity index (χ2n) is 7.84. The SMILES string of the molecule is O=C(COc1ccccc1)N1CCCCC1c1noc(-c2cccc(-n3cc[nH]c3=O)c2)n1. The molecule has 5 rings (SSSR count). The summed E-state index contributed by atoms with van der Waals surface area (Å²) >= 11 is 0. The number of benzene rings is 2. The van der Waals surface area contributed by atoms with Crippen LogP contribution in [-0.2, 0) is 4.79 Å². The summed E-state index contributed by atoms with van der Waals surface area (Å²) in [6, 6.07) is 16.3. The fourth-order valence-electron chi connectivity index (χ4n) is 4.04. The lowest BCUT2D eigenvalue weighted by molar-refractivity contribution is -0.137. The van der Waals surface area contributed by atoms with E-state index in [0.717, 1.165) is 19.3 Å². The standard InChI is InChI=1S/C24H23N5O4/c30-21(16-32-19-9-2-1-3-10-19)29-13-5-4-11-20(29)22-26-23(33-27-22)17-7-6-8-18(15-17)28-14-12-25-24(28)31/h1-3,6-10,12,14-15,20H,4-5,11,13,16H2,(H,25,31). The van der Waals surface area contributed by atoms with Gasteiger partial charge in [-0.3, -0.25) is 9.36 Å². The van der Waals surface area contributed by atoms with E-state index in [-0.39, 0.29) is 24.2 Å². The number of likely N-dealkylation sites (tertiary alicyclic amines) is 1. The predicted octanol–water partition coefficient (Wildman–Crippen LogP) is 3.35. The van der Waals surface area contributed by atoms with Crippen molar-refractivity contribution in [1.29, 1.82) is 0 Å². The Morgan fingerprint density at radius 2 is 2.03 bits per heavy atom. The van der Waals surface area contributed by atoms with Gasteiger partial charge in [0, 0.05) is 24.5 Å². The summed E-state index contributed by atoms with van der Waals surface area (Å²) in [5.74, 6) is 1.36. The van der Waals surface area contributed by atoms with Gasteiger partial charge in [0.1, 0.15) is 5.75 Å². The van der Waals surface area contributed by atoms with Crippen LogP contribution in [0.4, 0.5) is 0 Å². The third-order valence-corrected chi connectivity index (χ3v) is 5.69. The molecule has 0 aliphatic carbocycles. The maximum Gasteiger partial charge on any atom is 0.330 e. The lowest BCUT2D eigenvalue weighted by Crippen LogP contribution is -2.41. The molecule has 1 fully saturated rings.